The Morgan fingerprint density at radius 1 is 1.33 bits per heavy atom. The average Bonchev–Trinajstić information content (AvgIpc) is 3.05. The van der Waals surface area contributed by atoms with Crippen molar-refractivity contribution in [2.75, 3.05) is 30.1 Å². The van der Waals surface area contributed by atoms with Gasteiger partial charge in [0, 0.05) is 11.5 Å². The van der Waals surface area contributed by atoms with Crippen LogP contribution in [0.25, 0.3) is 0 Å². The van der Waals surface area contributed by atoms with E-state index in [1.165, 1.54) is 7.11 Å². The molecule has 0 saturated heterocycles. The molecule has 0 spiro atoms. The van der Waals surface area contributed by atoms with E-state index in [1.54, 1.807) is 11.8 Å². The summed E-state index contributed by atoms with van der Waals surface area (Å²) in [6, 6.07) is 0. The molecule has 0 atom stereocenters. The molecule has 18 heavy (non-hydrogen) atoms. The first-order valence-corrected chi connectivity index (χ1v) is 9.26. The molecule has 6 heteroatoms. The first-order chi connectivity index (χ1) is 8.43. The number of carbonyl (C=O) groups excluding carboxylic acids is 1. The molecule has 0 aromatic heterocycles. The van der Waals surface area contributed by atoms with E-state index in [0.29, 0.717) is 18.6 Å². The van der Waals surface area contributed by atoms with Crippen LogP contribution in [-0.4, -0.2) is 44.5 Å². The van der Waals surface area contributed by atoms with Crippen molar-refractivity contribution in [3.8, 4) is 0 Å². The molecule has 0 aromatic rings. The second-order valence-corrected chi connectivity index (χ2v) is 8.37. The number of thioether (sulfide) groups is 1. The summed E-state index contributed by atoms with van der Waals surface area (Å²) in [7, 11) is -1.46. The molecule has 0 amide bonds. The number of esters is 1. The Labute approximate surface area is 114 Å². The van der Waals surface area contributed by atoms with Gasteiger partial charge in [0.25, 0.3) is 0 Å². The number of sulfone groups is 1. The molecule has 0 radical (unpaired) electrons. The van der Waals surface area contributed by atoms with Gasteiger partial charge >= 0.3 is 5.97 Å². The highest BCUT2D eigenvalue weighted by molar-refractivity contribution is 8.00. The first kappa shape index (κ1) is 15.8. The predicted molar refractivity (Wildman–Crippen MR) is 74.6 cm³/mol. The average molecular weight is 294 g/mol. The second-order valence-electron chi connectivity index (χ2n) is 4.96. The first-order valence-electron chi connectivity index (χ1n) is 6.28. The van der Waals surface area contributed by atoms with Crippen LogP contribution in [0.1, 0.15) is 32.6 Å². The van der Waals surface area contributed by atoms with Crippen molar-refractivity contribution in [1.82, 2.24) is 0 Å². The molecule has 0 aromatic carbocycles. The largest absolute Gasteiger partial charge is 0.469 e. The lowest BCUT2D eigenvalue weighted by Crippen LogP contribution is -2.16. The van der Waals surface area contributed by atoms with Gasteiger partial charge in [-0.05, 0) is 30.4 Å². The predicted octanol–water partition coefficient (Wildman–Crippen LogP) is 1.89. The topological polar surface area (TPSA) is 60.4 Å². The highest BCUT2D eigenvalue weighted by Gasteiger charge is 2.44. The van der Waals surface area contributed by atoms with E-state index < -0.39 is 9.84 Å². The lowest BCUT2D eigenvalue weighted by molar-refractivity contribution is -0.141. The number of rotatable bonds is 9. The van der Waals surface area contributed by atoms with E-state index >= 15 is 0 Å². The minimum absolute atomic E-state index is 0.0896. The van der Waals surface area contributed by atoms with Gasteiger partial charge in [-0.3, -0.25) is 4.79 Å². The fourth-order valence-electron chi connectivity index (χ4n) is 1.81. The molecule has 1 fully saturated rings. The molecule has 0 heterocycles. The zero-order valence-electron chi connectivity index (χ0n) is 11.1. The van der Waals surface area contributed by atoms with Gasteiger partial charge in [-0.15, -0.1) is 0 Å². The van der Waals surface area contributed by atoms with Crippen LogP contribution in [0.15, 0.2) is 0 Å². The van der Waals surface area contributed by atoms with Crippen LogP contribution in [0, 0.1) is 5.41 Å². The van der Waals surface area contributed by atoms with Gasteiger partial charge in [-0.2, -0.15) is 11.8 Å². The molecule has 106 valence electrons. The van der Waals surface area contributed by atoms with Crippen molar-refractivity contribution >= 4 is 27.6 Å². The van der Waals surface area contributed by atoms with Crippen molar-refractivity contribution in [2.24, 2.45) is 5.41 Å². The third kappa shape index (κ3) is 5.61. The van der Waals surface area contributed by atoms with Crippen LogP contribution >= 0.6 is 11.8 Å². The Hall–Kier alpha value is -0.230. The van der Waals surface area contributed by atoms with Gasteiger partial charge in [-0.1, -0.05) is 6.92 Å². The fraction of sp³-hybridized carbons (Fsp3) is 0.917. The Kier molecular flexibility index (Phi) is 5.98. The maximum Gasteiger partial charge on any atom is 0.306 e. The molecular formula is C12H22O4S2. The Bertz CT molecular complexity index is 372. The quantitative estimate of drug-likeness (QED) is 0.480. The zero-order chi connectivity index (χ0) is 13.6. The lowest BCUT2D eigenvalue weighted by atomic mass is 10.1. The summed E-state index contributed by atoms with van der Waals surface area (Å²) in [5.74, 6) is 1.86. The lowest BCUT2D eigenvalue weighted by Gasteiger charge is -2.12. The monoisotopic (exact) mass is 294 g/mol. The van der Waals surface area contributed by atoms with Gasteiger partial charge in [0.05, 0.1) is 19.3 Å². The number of hydrogen-bond acceptors (Lipinski definition) is 5. The molecule has 0 aliphatic heterocycles. The molecule has 1 rings (SSSR count). The maximum atomic E-state index is 11.5. The fourth-order valence-corrected chi connectivity index (χ4v) is 5.10. The number of ether oxygens (including phenoxy) is 1. The van der Waals surface area contributed by atoms with Crippen LogP contribution in [0.2, 0.25) is 0 Å². The standard InChI is InChI=1S/C12H22O4S2/c1-3-7-18(14,15)8-6-17-10-12(4-5-12)9-11(13)16-2/h3-10H2,1-2H3. The summed E-state index contributed by atoms with van der Waals surface area (Å²) in [5, 5.41) is 0. The van der Waals surface area contributed by atoms with E-state index in [0.717, 1.165) is 18.6 Å². The van der Waals surface area contributed by atoms with Crippen LogP contribution in [0.4, 0.5) is 0 Å². The van der Waals surface area contributed by atoms with Crippen molar-refractivity contribution in [3.05, 3.63) is 0 Å². The van der Waals surface area contributed by atoms with Gasteiger partial charge in [-0.25, -0.2) is 8.42 Å². The van der Waals surface area contributed by atoms with Crippen molar-refractivity contribution in [1.29, 1.82) is 0 Å². The smallest absolute Gasteiger partial charge is 0.306 e. The van der Waals surface area contributed by atoms with Gasteiger partial charge in [0.1, 0.15) is 0 Å². The number of methoxy groups -OCH3 is 1. The van der Waals surface area contributed by atoms with Crippen molar-refractivity contribution in [3.63, 3.8) is 0 Å². The maximum absolute atomic E-state index is 11.5. The summed E-state index contributed by atoms with van der Waals surface area (Å²) in [4.78, 5) is 11.2. The van der Waals surface area contributed by atoms with E-state index in [4.69, 9.17) is 0 Å². The summed E-state index contributed by atoms with van der Waals surface area (Å²) in [6.45, 7) is 1.88. The van der Waals surface area contributed by atoms with Crippen LogP contribution in [0.3, 0.4) is 0 Å². The Morgan fingerprint density at radius 2 is 2.00 bits per heavy atom. The summed E-state index contributed by atoms with van der Waals surface area (Å²) in [6.07, 6.45) is 3.26. The molecular weight excluding hydrogens is 272 g/mol. The molecule has 0 bridgehead atoms. The van der Waals surface area contributed by atoms with Crippen molar-refractivity contribution in [2.45, 2.75) is 32.6 Å². The Morgan fingerprint density at radius 3 is 2.50 bits per heavy atom. The summed E-state index contributed by atoms with van der Waals surface area (Å²) < 4.78 is 27.7. The highest BCUT2D eigenvalue weighted by atomic mass is 32.2. The normalized spacial score (nSPS) is 17.4. The van der Waals surface area contributed by atoms with Crippen LogP contribution in [-0.2, 0) is 19.4 Å². The van der Waals surface area contributed by atoms with Gasteiger partial charge < -0.3 is 4.74 Å². The minimum Gasteiger partial charge on any atom is -0.469 e. The van der Waals surface area contributed by atoms with Crippen LogP contribution < -0.4 is 0 Å². The molecule has 1 aliphatic rings. The SMILES string of the molecule is CCCS(=O)(=O)CCSCC1(CC(=O)OC)CC1. The van der Waals surface area contributed by atoms with E-state index in [9.17, 15) is 13.2 Å². The third-order valence-corrected chi connectivity index (χ3v) is 6.59. The molecule has 1 aliphatic carbocycles. The molecule has 0 unspecified atom stereocenters. The number of carbonyl (C=O) groups is 1. The minimum atomic E-state index is -2.87. The highest BCUT2D eigenvalue weighted by Crippen LogP contribution is 2.51. The third-order valence-electron chi connectivity index (χ3n) is 3.17. The molecule has 0 N–H and O–H groups in total. The Balaban J connectivity index is 2.20. The molecule has 1 saturated carbocycles. The van der Waals surface area contributed by atoms with E-state index in [-0.39, 0.29) is 22.9 Å². The van der Waals surface area contributed by atoms with Gasteiger partial charge in [0.2, 0.25) is 0 Å². The number of hydrogen-bond donors (Lipinski definition) is 0. The van der Waals surface area contributed by atoms with Crippen LogP contribution in [0.5, 0.6) is 0 Å². The van der Waals surface area contributed by atoms with E-state index in [2.05, 4.69) is 4.74 Å². The van der Waals surface area contributed by atoms with Gasteiger partial charge in [0.15, 0.2) is 9.84 Å². The summed E-state index contributed by atoms with van der Waals surface area (Å²) >= 11 is 1.64. The second kappa shape index (κ2) is 6.80. The zero-order valence-corrected chi connectivity index (χ0v) is 12.7. The van der Waals surface area contributed by atoms with E-state index in [1.807, 2.05) is 6.92 Å². The summed E-state index contributed by atoms with van der Waals surface area (Å²) in [5.41, 5.74) is 0.0896. The van der Waals surface area contributed by atoms with Crippen molar-refractivity contribution < 1.29 is 17.9 Å². The molecule has 4 nitrogen and oxygen atoms in total.